The Labute approximate surface area is 126 Å². The molecule has 0 aliphatic carbocycles. The van der Waals surface area contributed by atoms with Crippen LogP contribution in [-0.4, -0.2) is 18.4 Å². The van der Waals surface area contributed by atoms with Gasteiger partial charge >= 0.3 is 0 Å². The zero-order valence-electron chi connectivity index (χ0n) is 10.3. The van der Waals surface area contributed by atoms with E-state index in [0.717, 1.165) is 6.33 Å². The fourth-order valence-corrected chi connectivity index (χ4v) is 3.36. The monoisotopic (exact) mass is 332 g/mol. The van der Waals surface area contributed by atoms with Crippen LogP contribution in [0.3, 0.4) is 0 Å². The second-order valence-electron chi connectivity index (χ2n) is 3.93. The standard InChI is InChI=1S/C11H10Cl2N4O2S/c1-6-3-2-4-7(14)9(6)20(18,19)17-11-8(12)10(13)15-5-16-11/h2-5H,14H2,1H3,(H,15,16,17). The maximum absolute atomic E-state index is 12.4. The van der Waals surface area contributed by atoms with Crippen LogP contribution in [0.5, 0.6) is 0 Å². The smallest absolute Gasteiger partial charge is 0.265 e. The summed E-state index contributed by atoms with van der Waals surface area (Å²) in [4.78, 5) is 7.37. The van der Waals surface area contributed by atoms with Gasteiger partial charge in [-0.3, -0.25) is 4.72 Å². The molecular weight excluding hydrogens is 323 g/mol. The molecule has 9 heteroatoms. The van der Waals surface area contributed by atoms with Gasteiger partial charge in [0.15, 0.2) is 11.0 Å². The van der Waals surface area contributed by atoms with E-state index in [2.05, 4.69) is 14.7 Å². The molecule has 0 aliphatic heterocycles. The number of nitrogens with two attached hydrogens (primary N) is 1. The van der Waals surface area contributed by atoms with Crippen LogP contribution in [0.1, 0.15) is 5.56 Å². The number of sulfonamides is 1. The van der Waals surface area contributed by atoms with Crippen LogP contribution in [-0.2, 0) is 10.0 Å². The molecule has 3 N–H and O–H groups in total. The fourth-order valence-electron chi connectivity index (χ4n) is 1.64. The molecule has 1 heterocycles. The molecule has 6 nitrogen and oxygen atoms in total. The maximum atomic E-state index is 12.4. The largest absolute Gasteiger partial charge is 0.398 e. The van der Waals surface area contributed by atoms with Crippen molar-refractivity contribution in [2.75, 3.05) is 10.5 Å². The van der Waals surface area contributed by atoms with E-state index in [9.17, 15) is 8.42 Å². The van der Waals surface area contributed by atoms with Crippen LogP contribution in [0.25, 0.3) is 0 Å². The third-order valence-electron chi connectivity index (χ3n) is 2.49. The molecule has 0 fully saturated rings. The number of nitrogen functional groups attached to an aromatic ring is 1. The van der Waals surface area contributed by atoms with Crippen molar-refractivity contribution < 1.29 is 8.42 Å². The van der Waals surface area contributed by atoms with E-state index in [1.54, 1.807) is 19.1 Å². The summed E-state index contributed by atoms with van der Waals surface area (Å²) in [5, 5.41) is -0.123. The van der Waals surface area contributed by atoms with Crippen LogP contribution >= 0.6 is 23.2 Å². The molecule has 0 aliphatic rings. The summed E-state index contributed by atoms with van der Waals surface area (Å²) >= 11 is 11.6. The van der Waals surface area contributed by atoms with E-state index >= 15 is 0 Å². The minimum absolute atomic E-state index is 0.0224. The van der Waals surface area contributed by atoms with Gasteiger partial charge < -0.3 is 5.73 Å². The number of benzene rings is 1. The molecule has 1 aromatic carbocycles. The van der Waals surface area contributed by atoms with Gasteiger partial charge in [0, 0.05) is 0 Å². The van der Waals surface area contributed by atoms with Gasteiger partial charge in [0.25, 0.3) is 10.0 Å². The Morgan fingerprint density at radius 2 is 1.95 bits per heavy atom. The summed E-state index contributed by atoms with van der Waals surface area (Å²) in [7, 11) is -3.92. The Kier molecular flexibility index (Phi) is 4.03. The summed E-state index contributed by atoms with van der Waals surface area (Å²) < 4.78 is 27.0. The lowest BCUT2D eigenvalue weighted by atomic mass is 10.2. The molecule has 0 bridgehead atoms. The highest BCUT2D eigenvalue weighted by Crippen LogP contribution is 2.29. The second kappa shape index (κ2) is 5.43. The van der Waals surface area contributed by atoms with E-state index in [-0.39, 0.29) is 26.6 Å². The SMILES string of the molecule is Cc1cccc(N)c1S(=O)(=O)Nc1ncnc(Cl)c1Cl. The van der Waals surface area contributed by atoms with Crippen LogP contribution in [0.2, 0.25) is 10.2 Å². The van der Waals surface area contributed by atoms with Gasteiger partial charge in [-0.05, 0) is 18.6 Å². The minimum Gasteiger partial charge on any atom is -0.398 e. The Balaban J connectivity index is 2.50. The van der Waals surface area contributed by atoms with E-state index in [1.807, 2.05) is 0 Å². The zero-order valence-corrected chi connectivity index (χ0v) is 12.6. The van der Waals surface area contributed by atoms with Gasteiger partial charge in [0.05, 0.1) is 5.69 Å². The highest BCUT2D eigenvalue weighted by Gasteiger charge is 2.22. The molecule has 0 atom stereocenters. The number of nitrogens with one attached hydrogen (secondary N) is 1. The van der Waals surface area contributed by atoms with Crippen molar-refractivity contribution in [3.63, 3.8) is 0 Å². The number of anilines is 2. The van der Waals surface area contributed by atoms with Crippen LogP contribution in [0.15, 0.2) is 29.4 Å². The number of nitrogens with zero attached hydrogens (tertiary/aromatic N) is 2. The van der Waals surface area contributed by atoms with Gasteiger partial charge in [0.1, 0.15) is 16.2 Å². The summed E-state index contributed by atoms with van der Waals surface area (Å²) in [6.07, 6.45) is 1.10. The van der Waals surface area contributed by atoms with Crippen LogP contribution in [0, 0.1) is 6.92 Å². The van der Waals surface area contributed by atoms with Gasteiger partial charge in [-0.2, -0.15) is 0 Å². The quantitative estimate of drug-likeness (QED) is 0.664. The molecule has 0 amide bonds. The Morgan fingerprint density at radius 1 is 1.25 bits per heavy atom. The van der Waals surface area contributed by atoms with Crippen molar-refractivity contribution in [3.8, 4) is 0 Å². The number of aryl methyl sites for hydroxylation is 1. The summed E-state index contributed by atoms with van der Waals surface area (Å²) in [5.41, 5.74) is 6.36. The van der Waals surface area contributed by atoms with Gasteiger partial charge in [-0.1, -0.05) is 35.3 Å². The molecule has 2 rings (SSSR count). The van der Waals surface area contributed by atoms with Crippen molar-refractivity contribution in [2.45, 2.75) is 11.8 Å². The summed E-state index contributed by atoms with van der Waals surface area (Å²) in [6, 6.07) is 4.80. The topological polar surface area (TPSA) is 98.0 Å². The first kappa shape index (κ1) is 14.8. The Bertz CT molecular complexity index is 745. The first-order valence-electron chi connectivity index (χ1n) is 5.37. The Hall–Kier alpha value is -1.57. The first-order valence-corrected chi connectivity index (χ1v) is 7.60. The predicted molar refractivity (Wildman–Crippen MR) is 78.5 cm³/mol. The fraction of sp³-hybridized carbons (Fsp3) is 0.0909. The van der Waals surface area contributed by atoms with Gasteiger partial charge in [-0.25, -0.2) is 18.4 Å². The van der Waals surface area contributed by atoms with Crippen molar-refractivity contribution >= 4 is 44.7 Å². The molecule has 0 spiro atoms. The lowest BCUT2D eigenvalue weighted by Crippen LogP contribution is -2.17. The van der Waals surface area contributed by atoms with Crippen molar-refractivity contribution in [3.05, 3.63) is 40.3 Å². The third-order valence-corrected chi connectivity index (χ3v) is 4.79. The van der Waals surface area contributed by atoms with Crippen LogP contribution < -0.4 is 10.5 Å². The highest BCUT2D eigenvalue weighted by atomic mass is 35.5. The zero-order chi connectivity index (χ0) is 14.9. The van der Waals surface area contributed by atoms with Gasteiger partial charge in [-0.15, -0.1) is 0 Å². The van der Waals surface area contributed by atoms with Crippen molar-refractivity contribution in [1.29, 1.82) is 0 Å². The minimum atomic E-state index is -3.92. The number of halogens is 2. The molecule has 106 valence electrons. The van der Waals surface area contributed by atoms with Gasteiger partial charge in [0.2, 0.25) is 0 Å². The van der Waals surface area contributed by atoms with Crippen molar-refractivity contribution in [1.82, 2.24) is 9.97 Å². The number of hydrogen-bond acceptors (Lipinski definition) is 5. The van der Waals surface area contributed by atoms with E-state index in [0.29, 0.717) is 5.56 Å². The number of aromatic nitrogens is 2. The first-order chi connectivity index (χ1) is 9.33. The summed E-state index contributed by atoms with van der Waals surface area (Å²) in [6.45, 7) is 1.64. The van der Waals surface area contributed by atoms with E-state index in [1.165, 1.54) is 6.07 Å². The molecule has 20 heavy (non-hydrogen) atoms. The van der Waals surface area contributed by atoms with E-state index < -0.39 is 10.0 Å². The summed E-state index contributed by atoms with van der Waals surface area (Å²) in [5.74, 6) is -0.102. The lowest BCUT2D eigenvalue weighted by molar-refractivity contribution is 0.601. The molecule has 2 aromatic rings. The molecule has 0 radical (unpaired) electrons. The molecule has 0 unspecified atom stereocenters. The van der Waals surface area contributed by atoms with Crippen LogP contribution in [0.4, 0.5) is 11.5 Å². The lowest BCUT2D eigenvalue weighted by Gasteiger charge is -2.12. The average molecular weight is 333 g/mol. The number of rotatable bonds is 3. The second-order valence-corrected chi connectivity index (χ2v) is 6.28. The maximum Gasteiger partial charge on any atom is 0.265 e. The molecular formula is C11H10Cl2N4O2S. The molecule has 1 aromatic heterocycles. The number of hydrogen-bond donors (Lipinski definition) is 2. The van der Waals surface area contributed by atoms with E-state index in [4.69, 9.17) is 28.9 Å². The Morgan fingerprint density at radius 3 is 2.60 bits per heavy atom. The predicted octanol–water partition coefficient (Wildman–Crippen LogP) is 2.47. The third kappa shape index (κ3) is 2.79. The molecule has 0 saturated heterocycles. The normalized spacial score (nSPS) is 11.3. The highest BCUT2D eigenvalue weighted by molar-refractivity contribution is 7.93. The average Bonchev–Trinajstić information content (AvgIpc) is 2.34. The molecule has 0 saturated carbocycles. The van der Waals surface area contributed by atoms with Crippen molar-refractivity contribution in [2.24, 2.45) is 0 Å².